The molecular formula is C24H29ClN4O2. The first-order chi connectivity index (χ1) is 15.1. The second-order valence-corrected chi connectivity index (χ2v) is 8.59. The van der Waals surface area contributed by atoms with E-state index in [-0.39, 0.29) is 17.9 Å². The Bertz CT molecular complexity index is 893. The van der Waals surface area contributed by atoms with Crippen molar-refractivity contribution >= 4 is 29.1 Å². The third-order valence-corrected chi connectivity index (χ3v) is 6.38. The summed E-state index contributed by atoms with van der Waals surface area (Å²) in [5.74, 6) is 0.128. The maximum atomic E-state index is 13.3. The molecule has 2 saturated heterocycles. The number of benzene rings is 2. The van der Waals surface area contributed by atoms with Gasteiger partial charge in [-0.2, -0.15) is 0 Å². The predicted molar refractivity (Wildman–Crippen MR) is 123 cm³/mol. The van der Waals surface area contributed by atoms with Gasteiger partial charge in [0.25, 0.3) is 0 Å². The van der Waals surface area contributed by atoms with Gasteiger partial charge < -0.3 is 10.2 Å². The molecule has 7 heteroatoms. The lowest BCUT2D eigenvalue weighted by molar-refractivity contribution is -0.137. The third kappa shape index (κ3) is 5.45. The molecule has 6 nitrogen and oxygen atoms in total. The molecule has 0 spiro atoms. The fourth-order valence-electron chi connectivity index (χ4n) is 4.39. The van der Waals surface area contributed by atoms with Gasteiger partial charge in [0.05, 0.1) is 17.3 Å². The standard InChI is InChI=1S/C24H29ClN4O2/c25-20-10-4-5-11-21(20)26-22(30)18-27-14-16-28(17-15-27)23(19-8-2-1-3-9-19)24(31)29-12-6-7-13-29/h1-5,8-11,23H,6-7,12-18H2,(H,26,30)/t23-/m0/s1. The van der Waals surface area contributed by atoms with Crippen LogP contribution in [0, 0.1) is 0 Å². The monoisotopic (exact) mass is 440 g/mol. The minimum Gasteiger partial charge on any atom is -0.341 e. The minimum atomic E-state index is -0.251. The molecule has 1 atom stereocenters. The zero-order chi connectivity index (χ0) is 21.6. The summed E-state index contributed by atoms with van der Waals surface area (Å²) in [6.45, 7) is 5.00. The van der Waals surface area contributed by atoms with E-state index in [1.54, 1.807) is 12.1 Å². The third-order valence-electron chi connectivity index (χ3n) is 6.05. The van der Waals surface area contributed by atoms with Gasteiger partial charge in [-0.25, -0.2) is 0 Å². The maximum Gasteiger partial charge on any atom is 0.244 e. The predicted octanol–water partition coefficient (Wildman–Crippen LogP) is 3.26. The summed E-state index contributed by atoms with van der Waals surface area (Å²) in [7, 11) is 0. The number of nitrogens with one attached hydrogen (secondary N) is 1. The molecule has 31 heavy (non-hydrogen) atoms. The van der Waals surface area contributed by atoms with E-state index < -0.39 is 0 Å². The van der Waals surface area contributed by atoms with Crippen molar-refractivity contribution in [1.29, 1.82) is 0 Å². The van der Waals surface area contributed by atoms with E-state index in [4.69, 9.17) is 11.6 Å². The van der Waals surface area contributed by atoms with Crippen molar-refractivity contribution in [3.05, 3.63) is 65.2 Å². The number of piperazine rings is 1. The van der Waals surface area contributed by atoms with Gasteiger partial charge in [0.15, 0.2) is 0 Å². The molecule has 0 unspecified atom stereocenters. The average molecular weight is 441 g/mol. The van der Waals surface area contributed by atoms with E-state index in [0.717, 1.165) is 57.7 Å². The molecule has 2 aromatic carbocycles. The fraction of sp³-hybridized carbons (Fsp3) is 0.417. The number of para-hydroxylation sites is 1. The first-order valence-corrected chi connectivity index (χ1v) is 11.3. The van der Waals surface area contributed by atoms with Crippen LogP contribution in [0.25, 0.3) is 0 Å². The number of hydrogen-bond donors (Lipinski definition) is 1. The molecule has 2 amide bonds. The van der Waals surface area contributed by atoms with E-state index in [1.165, 1.54) is 0 Å². The maximum absolute atomic E-state index is 13.3. The van der Waals surface area contributed by atoms with Gasteiger partial charge in [0.1, 0.15) is 6.04 Å². The second-order valence-electron chi connectivity index (χ2n) is 8.19. The van der Waals surface area contributed by atoms with Gasteiger partial charge in [-0.1, -0.05) is 54.1 Å². The van der Waals surface area contributed by atoms with E-state index in [9.17, 15) is 9.59 Å². The second kappa shape index (κ2) is 10.3. The highest BCUT2D eigenvalue weighted by Crippen LogP contribution is 2.26. The van der Waals surface area contributed by atoms with E-state index in [2.05, 4.69) is 15.1 Å². The topological polar surface area (TPSA) is 55.9 Å². The Morgan fingerprint density at radius 3 is 2.19 bits per heavy atom. The van der Waals surface area contributed by atoms with E-state index >= 15 is 0 Å². The van der Waals surface area contributed by atoms with Crippen LogP contribution in [0.5, 0.6) is 0 Å². The smallest absolute Gasteiger partial charge is 0.244 e. The van der Waals surface area contributed by atoms with Crippen LogP contribution in [0.2, 0.25) is 5.02 Å². The highest BCUT2D eigenvalue weighted by molar-refractivity contribution is 6.33. The first kappa shape index (κ1) is 21.8. The SMILES string of the molecule is O=C(CN1CCN([C@H](C(=O)N2CCCC2)c2ccccc2)CC1)Nc1ccccc1Cl. The van der Waals surface area contributed by atoms with Crippen LogP contribution in [-0.4, -0.2) is 72.3 Å². The van der Waals surface area contributed by atoms with Crippen molar-refractivity contribution in [3.63, 3.8) is 0 Å². The lowest BCUT2D eigenvalue weighted by Crippen LogP contribution is -2.52. The van der Waals surface area contributed by atoms with Gasteiger partial charge in [0.2, 0.25) is 11.8 Å². The molecule has 0 aliphatic carbocycles. The highest BCUT2D eigenvalue weighted by atomic mass is 35.5. The quantitative estimate of drug-likeness (QED) is 0.749. The summed E-state index contributed by atoms with van der Waals surface area (Å²) < 4.78 is 0. The van der Waals surface area contributed by atoms with E-state index in [0.29, 0.717) is 17.3 Å². The molecule has 2 heterocycles. The summed E-state index contributed by atoms with van der Waals surface area (Å²) in [6.07, 6.45) is 2.17. The van der Waals surface area contributed by atoms with Crippen LogP contribution in [-0.2, 0) is 9.59 Å². The Labute approximate surface area is 188 Å². The van der Waals surface area contributed by atoms with Gasteiger partial charge in [-0.15, -0.1) is 0 Å². The van der Waals surface area contributed by atoms with Gasteiger partial charge in [-0.3, -0.25) is 19.4 Å². The van der Waals surface area contributed by atoms with Crippen molar-refractivity contribution in [2.75, 3.05) is 51.1 Å². The summed E-state index contributed by atoms with van der Waals surface area (Å²) in [5.41, 5.74) is 1.68. The summed E-state index contributed by atoms with van der Waals surface area (Å²) in [4.78, 5) is 32.2. The molecule has 1 N–H and O–H groups in total. The van der Waals surface area contributed by atoms with Crippen molar-refractivity contribution in [1.82, 2.24) is 14.7 Å². The van der Waals surface area contributed by atoms with Gasteiger partial charge in [0, 0.05) is 39.3 Å². The van der Waals surface area contributed by atoms with Crippen molar-refractivity contribution in [3.8, 4) is 0 Å². The summed E-state index contributed by atoms with van der Waals surface area (Å²) in [5, 5.41) is 3.42. The normalized spacial score (nSPS) is 18.7. The van der Waals surface area contributed by atoms with Crippen LogP contribution in [0.3, 0.4) is 0 Å². The Hall–Kier alpha value is -2.41. The van der Waals surface area contributed by atoms with Crippen LogP contribution in [0.4, 0.5) is 5.69 Å². The van der Waals surface area contributed by atoms with Crippen LogP contribution in [0.15, 0.2) is 54.6 Å². The van der Waals surface area contributed by atoms with Crippen LogP contribution >= 0.6 is 11.6 Å². The molecule has 0 aromatic heterocycles. The molecule has 2 aromatic rings. The first-order valence-electron chi connectivity index (χ1n) is 11.0. The van der Waals surface area contributed by atoms with Crippen molar-refractivity contribution < 1.29 is 9.59 Å². The van der Waals surface area contributed by atoms with E-state index in [1.807, 2.05) is 47.4 Å². The Morgan fingerprint density at radius 1 is 0.871 bits per heavy atom. The van der Waals surface area contributed by atoms with Crippen LogP contribution < -0.4 is 5.32 Å². The molecular weight excluding hydrogens is 412 g/mol. The fourth-order valence-corrected chi connectivity index (χ4v) is 4.57. The summed E-state index contributed by atoms with van der Waals surface area (Å²) >= 11 is 6.14. The number of rotatable bonds is 6. The van der Waals surface area contributed by atoms with Crippen LogP contribution in [0.1, 0.15) is 24.4 Å². The number of anilines is 1. The van der Waals surface area contributed by atoms with Gasteiger partial charge >= 0.3 is 0 Å². The number of hydrogen-bond acceptors (Lipinski definition) is 4. The molecule has 4 rings (SSSR count). The average Bonchev–Trinajstić information content (AvgIpc) is 3.32. The molecule has 2 fully saturated rings. The molecule has 0 saturated carbocycles. The number of nitrogens with zero attached hydrogens (tertiary/aromatic N) is 3. The Kier molecular flexibility index (Phi) is 7.22. The number of carbonyl (C=O) groups excluding carboxylic acids is 2. The number of carbonyl (C=O) groups is 2. The lowest BCUT2D eigenvalue weighted by atomic mass is 10.0. The zero-order valence-electron chi connectivity index (χ0n) is 17.7. The number of amides is 2. The minimum absolute atomic E-state index is 0.0747. The summed E-state index contributed by atoms with van der Waals surface area (Å²) in [6, 6.07) is 17.1. The molecule has 2 aliphatic rings. The molecule has 164 valence electrons. The number of likely N-dealkylation sites (tertiary alicyclic amines) is 1. The Balaban J connectivity index is 1.37. The number of halogens is 1. The highest BCUT2D eigenvalue weighted by Gasteiger charge is 2.34. The van der Waals surface area contributed by atoms with Crippen molar-refractivity contribution in [2.24, 2.45) is 0 Å². The zero-order valence-corrected chi connectivity index (χ0v) is 18.4. The Morgan fingerprint density at radius 2 is 1.52 bits per heavy atom. The molecule has 2 aliphatic heterocycles. The lowest BCUT2D eigenvalue weighted by Gasteiger charge is -2.39. The van der Waals surface area contributed by atoms with Crippen molar-refractivity contribution in [2.45, 2.75) is 18.9 Å². The molecule has 0 radical (unpaired) electrons. The largest absolute Gasteiger partial charge is 0.341 e. The van der Waals surface area contributed by atoms with Gasteiger partial charge in [-0.05, 0) is 30.5 Å². The molecule has 0 bridgehead atoms.